The summed E-state index contributed by atoms with van der Waals surface area (Å²) in [6.07, 6.45) is -0.446. The Bertz CT molecular complexity index is 423. The number of benzene rings is 1. The molecule has 2 rings (SSSR count). The van der Waals surface area contributed by atoms with Gasteiger partial charge in [-0.05, 0) is 31.2 Å². The van der Waals surface area contributed by atoms with Crippen molar-refractivity contribution in [3.05, 3.63) is 35.2 Å². The van der Waals surface area contributed by atoms with Gasteiger partial charge in [0.2, 0.25) is 0 Å². The molecule has 0 amide bonds. The van der Waals surface area contributed by atoms with Crippen molar-refractivity contribution in [3.8, 4) is 17.0 Å². The fourth-order valence-electron chi connectivity index (χ4n) is 1.29. The normalized spacial score (nSPS) is 12.4. The minimum absolute atomic E-state index is 0.316. The summed E-state index contributed by atoms with van der Waals surface area (Å²) in [5, 5.41) is 11.1. The third kappa shape index (κ3) is 2.81. The Kier molecular flexibility index (Phi) is 3.54. The standard InChI is InChI=1S/C12H13NO2S/c1-9(14)6-15-11-4-2-10(3-5-11)12-7-16-8-13-12/h2-5,7-9,14H,6H2,1H3/t9-/m0/s1. The van der Waals surface area contributed by atoms with Gasteiger partial charge in [0.05, 0.1) is 17.3 Å². The molecule has 2 aromatic rings. The van der Waals surface area contributed by atoms with Crippen LogP contribution in [0, 0.1) is 0 Å². The zero-order valence-corrected chi connectivity index (χ0v) is 9.78. The molecule has 0 aliphatic heterocycles. The van der Waals surface area contributed by atoms with Crippen molar-refractivity contribution in [1.82, 2.24) is 4.98 Å². The van der Waals surface area contributed by atoms with E-state index in [0.29, 0.717) is 6.61 Å². The van der Waals surface area contributed by atoms with E-state index in [2.05, 4.69) is 4.98 Å². The first-order chi connectivity index (χ1) is 7.75. The molecule has 1 aromatic heterocycles. The van der Waals surface area contributed by atoms with Crippen LogP contribution in [0.15, 0.2) is 35.2 Å². The number of aliphatic hydroxyl groups excluding tert-OH is 1. The first kappa shape index (κ1) is 11.1. The minimum atomic E-state index is -0.446. The molecule has 0 saturated heterocycles. The average Bonchev–Trinajstić information content (AvgIpc) is 2.80. The highest BCUT2D eigenvalue weighted by Gasteiger charge is 2.01. The number of aliphatic hydroxyl groups is 1. The van der Waals surface area contributed by atoms with E-state index in [1.807, 2.05) is 35.2 Å². The Labute approximate surface area is 98.4 Å². The van der Waals surface area contributed by atoms with Crippen LogP contribution >= 0.6 is 11.3 Å². The van der Waals surface area contributed by atoms with Gasteiger partial charge in [-0.25, -0.2) is 4.98 Å². The lowest BCUT2D eigenvalue weighted by atomic mass is 10.2. The maximum absolute atomic E-state index is 9.08. The van der Waals surface area contributed by atoms with Crippen LogP contribution in [0.25, 0.3) is 11.3 Å². The molecule has 84 valence electrons. The van der Waals surface area contributed by atoms with Gasteiger partial charge in [-0.1, -0.05) is 0 Å². The third-order valence-corrected chi connectivity index (χ3v) is 2.66. The molecule has 0 spiro atoms. The van der Waals surface area contributed by atoms with Crippen LogP contribution in [-0.4, -0.2) is 22.8 Å². The predicted octanol–water partition coefficient (Wildman–Crippen LogP) is 2.57. The van der Waals surface area contributed by atoms with E-state index in [0.717, 1.165) is 17.0 Å². The summed E-state index contributed by atoms with van der Waals surface area (Å²) in [6, 6.07) is 7.70. The Morgan fingerprint density at radius 1 is 1.38 bits per heavy atom. The molecule has 1 heterocycles. The smallest absolute Gasteiger partial charge is 0.119 e. The molecule has 0 fully saturated rings. The fraction of sp³-hybridized carbons (Fsp3) is 0.250. The summed E-state index contributed by atoms with van der Waals surface area (Å²) in [5.41, 5.74) is 3.87. The lowest BCUT2D eigenvalue weighted by molar-refractivity contribution is 0.123. The van der Waals surface area contributed by atoms with Gasteiger partial charge in [-0.3, -0.25) is 0 Å². The van der Waals surface area contributed by atoms with E-state index < -0.39 is 6.10 Å². The van der Waals surface area contributed by atoms with Crippen LogP contribution in [-0.2, 0) is 0 Å². The first-order valence-electron chi connectivity index (χ1n) is 5.05. The number of rotatable bonds is 4. The number of hydrogen-bond donors (Lipinski definition) is 1. The van der Waals surface area contributed by atoms with Gasteiger partial charge < -0.3 is 9.84 Å². The largest absolute Gasteiger partial charge is 0.491 e. The summed E-state index contributed by atoms with van der Waals surface area (Å²) in [5.74, 6) is 0.764. The molecule has 0 saturated carbocycles. The van der Waals surface area contributed by atoms with Gasteiger partial charge in [0, 0.05) is 10.9 Å². The highest BCUT2D eigenvalue weighted by atomic mass is 32.1. The van der Waals surface area contributed by atoms with E-state index >= 15 is 0 Å². The zero-order valence-electron chi connectivity index (χ0n) is 8.96. The van der Waals surface area contributed by atoms with Crippen LogP contribution in [0.3, 0.4) is 0 Å². The van der Waals surface area contributed by atoms with Crippen molar-refractivity contribution in [3.63, 3.8) is 0 Å². The molecule has 0 bridgehead atoms. The lowest BCUT2D eigenvalue weighted by Gasteiger charge is -2.08. The van der Waals surface area contributed by atoms with Gasteiger partial charge >= 0.3 is 0 Å². The van der Waals surface area contributed by atoms with Gasteiger partial charge in [0.25, 0.3) is 0 Å². The zero-order chi connectivity index (χ0) is 11.4. The number of thiazole rings is 1. The second kappa shape index (κ2) is 5.09. The van der Waals surface area contributed by atoms with E-state index in [1.54, 1.807) is 18.3 Å². The molecule has 0 aliphatic rings. The molecule has 16 heavy (non-hydrogen) atoms. The quantitative estimate of drug-likeness (QED) is 0.885. The SMILES string of the molecule is C[C@H](O)COc1ccc(-c2cscn2)cc1. The molecule has 0 aliphatic carbocycles. The molecule has 4 heteroatoms. The van der Waals surface area contributed by atoms with Gasteiger partial charge in [-0.2, -0.15) is 0 Å². The lowest BCUT2D eigenvalue weighted by Crippen LogP contribution is -2.12. The minimum Gasteiger partial charge on any atom is -0.491 e. The van der Waals surface area contributed by atoms with Gasteiger partial charge in [0.1, 0.15) is 12.4 Å². The molecule has 1 atom stereocenters. The van der Waals surface area contributed by atoms with Crippen molar-refractivity contribution in [2.75, 3.05) is 6.61 Å². The fourth-order valence-corrected chi connectivity index (χ4v) is 1.85. The number of nitrogens with zero attached hydrogens (tertiary/aromatic N) is 1. The van der Waals surface area contributed by atoms with Crippen LogP contribution in [0.5, 0.6) is 5.75 Å². The number of ether oxygens (including phenoxy) is 1. The monoisotopic (exact) mass is 235 g/mol. The van der Waals surface area contributed by atoms with E-state index in [-0.39, 0.29) is 0 Å². The third-order valence-electron chi connectivity index (χ3n) is 2.07. The molecule has 3 nitrogen and oxygen atoms in total. The van der Waals surface area contributed by atoms with Crippen LogP contribution < -0.4 is 4.74 Å². The molecule has 0 unspecified atom stereocenters. The van der Waals surface area contributed by atoms with Crippen molar-refractivity contribution in [2.45, 2.75) is 13.0 Å². The van der Waals surface area contributed by atoms with E-state index in [4.69, 9.17) is 9.84 Å². The second-order valence-corrected chi connectivity index (χ2v) is 4.28. The van der Waals surface area contributed by atoms with Crippen molar-refractivity contribution in [1.29, 1.82) is 0 Å². The maximum Gasteiger partial charge on any atom is 0.119 e. The summed E-state index contributed by atoms with van der Waals surface area (Å²) in [7, 11) is 0. The number of aromatic nitrogens is 1. The van der Waals surface area contributed by atoms with Crippen LogP contribution in [0.1, 0.15) is 6.92 Å². The van der Waals surface area contributed by atoms with E-state index in [9.17, 15) is 0 Å². The van der Waals surface area contributed by atoms with Gasteiger partial charge in [-0.15, -0.1) is 11.3 Å². The summed E-state index contributed by atoms with van der Waals surface area (Å²) in [4.78, 5) is 4.23. The van der Waals surface area contributed by atoms with E-state index in [1.165, 1.54) is 0 Å². The highest BCUT2D eigenvalue weighted by Crippen LogP contribution is 2.22. The highest BCUT2D eigenvalue weighted by molar-refractivity contribution is 7.07. The Balaban J connectivity index is 2.05. The van der Waals surface area contributed by atoms with Crippen molar-refractivity contribution < 1.29 is 9.84 Å². The Morgan fingerprint density at radius 3 is 2.69 bits per heavy atom. The molecule has 1 aromatic carbocycles. The first-order valence-corrected chi connectivity index (χ1v) is 5.99. The summed E-state index contributed by atoms with van der Waals surface area (Å²) >= 11 is 1.58. The maximum atomic E-state index is 9.08. The van der Waals surface area contributed by atoms with Crippen LogP contribution in [0.2, 0.25) is 0 Å². The van der Waals surface area contributed by atoms with Crippen LogP contribution in [0.4, 0.5) is 0 Å². The Morgan fingerprint density at radius 2 is 2.12 bits per heavy atom. The second-order valence-electron chi connectivity index (χ2n) is 3.56. The molecule has 0 radical (unpaired) electrons. The summed E-state index contributed by atoms with van der Waals surface area (Å²) in [6.45, 7) is 2.01. The topological polar surface area (TPSA) is 42.4 Å². The average molecular weight is 235 g/mol. The van der Waals surface area contributed by atoms with Gasteiger partial charge in [0.15, 0.2) is 0 Å². The van der Waals surface area contributed by atoms with Crippen molar-refractivity contribution >= 4 is 11.3 Å². The molecule has 1 N–H and O–H groups in total. The Hall–Kier alpha value is -1.39. The molecular formula is C12H13NO2S. The predicted molar refractivity (Wildman–Crippen MR) is 64.7 cm³/mol. The summed E-state index contributed by atoms with van der Waals surface area (Å²) < 4.78 is 5.37. The number of hydrogen-bond acceptors (Lipinski definition) is 4. The van der Waals surface area contributed by atoms with Crippen molar-refractivity contribution in [2.24, 2.45) is 0 Å². The molecular weight excluding hydrogens is 222 g/mol.